The molecule has 0 aromatic heterocycles. The number of benzene rings is 1. The average Bonchev–Trinajstić information content (AvgIpc) is 3.32. The fourth-order valence-corrected chi connectivity index (χ4v) is 2.27. The normalized spacial score (nSPS) is 15.5. The third-order valence-electron chi connectivity index (χ3n) is 3.93. The number of hydrogen-bond acceptors (Lipinski definition) is 3. The predicted molar refractivity (Wildman–Crippen MR) is 85.5 cm³/mol. The number of rotatable bonds is 6. The van der Waals surface area contributed by atoms with Crippen LogP contribution in [0.5, 0.6) is 0 Å². The van der Waals surface area contributed by atoms with Gasteiger partial charge in [0.1, 0.15) is 0 Å². The summed E-state index contributed by atoms with van der Waals surface area (Å²) in [5.74, 6) is -0.551. The fraction of sp³-hybridized carbons (Fsp3) is 0.529. The van der Waals surface area contributed by atoms with E-state index in [4.69, 9.17) is 0 Å². The first-order valence-electron chi connectivity index (χ1n) is 7.84. The van der Waals surface area contributed by atoms with Crippen molar-refractivity contribution in [3.05, 3.63) is 29.8 Å². The Bertz CT molecular complexity index is 521. The van der Waals surface area contributed by atoms with Crippen LogP contribution in [0.15, 0.2) is 24.3 Å². The van der Waals surface area contributed by atoms with Crippen LogP contribution in [0.1, 0.15) is 44.6 Å². The first-order valence-corrected chi connectivity index (χ1v) is 7.84. The Hall–Kier alpha value is -1.88. The molecular weight excluding hydrogens is 280 g/mol. The molecule has 1 aliphatic rings. The molecule has 2 rings (SSSR count). The topological polar surface area (TPSA) is 78.4 Å². The van der Waals surface area contributed by atoms with E-state index in [0.29, 0.717) is 30.5 Å². The maximum atomic E-state index is 11.8. The van der Waals surface area contributed by atoms with Gasteiger partial charge in [-0.15, -0.1) is 0 Å². The van der Waals surface area contributed by atoms with Crippen molar-refractivity contribution in [1.82, 2.24) is 5.32 Å². The van der Waals surface area contributed by atoms with Gasteiger partial charge in [-0.05, 0) is 48.8 Å². The second-order valence-corrected chi connectivity index (χ2v) is 6.18. The summed E-state index contributed by atoms with van der Waals surface area (Å²) in [6.07, 6.45) is 2.24. The molecule has 22 heavy (non-hydrogen) atoms. The molecule has 120 valence electrons. The van der Waals surface area contributed by atoms with Crippen LogP contribution in [0.4, 0.5) is 5.69 Å². The summed E-state index contributed by atoms with van der Waals surface area (Å²) in [6, 6.07) is 7.45. The Morgan fingerprint density at radius 3 is 2.36 bits per heavy atom. The molecule has 1 aliphatic carbocycles. The van der Waals surface area contributed by atoms with Gasteiger partial charge >= 0.3 is 11.8 Å². The highest BCUT2D eigenvalue weighted by atomic mass is 16.3. The van der Waals surface area contributed by atoms with Crippen molar-refractivity contribution < 1.29 is 14.7 Å². The Balaban J connectivity index is 1.74. The summed E-state index contributed by atoms with van der Waals surface area (Å²) >= 11 is 0. The molecule has 0 bridgehead atoms. The zero-order chi connectivity index (χ0) is 16.1. The molecule has 1 saturated carbocycles. The van der Waals surface area contributed by atoms with Crippen molar-refractivity contribution in [2.75, 3.05) is 11.9 Å². The van der Waals surface area contributed by atoms with Crippen molar-refractivity contribution in [1.29, 1.82) is 0 Å². The van der Waals surface area contributed by atoms with Crippen molar-refractivity contribution in [3.8, 4) is 0 Å². The van der Waals surface area contributed by atoms with Gasteiger partial charge in [-0.25, -0.2) is 0 Å². The Morgan fingerprint density at radius 1 is 1.18 bits per heavy atom. The smallest absolute Gasteiger partial charge is 0.313 e. The van der Waals surface area contributed by atoms with Gasteiger partial charge in [-0.1, -0.05) is 26.0 Å². The average molecular weight is 304 g/mol. The van der Waals surface area contributed by atoms with Crippen LogP contribution in [0.2, 0.25) is 0 Å². The maximum Gasteiger partial charge on any atom is 0.313 e. The second-order valence-electron chi connectivity index (χ2n) is 6.18. The van der Waals surface area contributed by atoms with Crippen LogP contribution in [-0.4, -0.2) is 29.6 Å². The van der Waals surface area contributed by atoms with E-state index in [1.54, 1.807) is 12.1 Å². The summed E-state index contributed by atoms with van der Waals surface area (Å²) in [4.78, 5) is 23.5. The van der Waals surface area contributed by atoms with Crippen molar-refractivity contribution >= 4 is 17.5 Å². The lowest BCUT2D eigenvalue weighted by atomic mass is 10.0. The van der Waals surface area contributed by atoms with Crippen LogP contribution in [0, 0.1) is 5.92 Å². The lowest BCUT2D eigenvalue weighted by molar-refractivity contribution is -0.136. The minimum Gasteiger partial charge on any atom is -0.393 e. The molecule has 0 radical (unpaired) electrons. The summed E-state index contributed by atoms with van der Waals surface area (Å²) in [5, 5.41) is 14.8. The highest BCUT2D eigenvalue weighted by molar-refractivity contribution is 6.39. The van der Waals surface area contributed by atoms with Gasteiger partial charge in [0.15, 0.2) is 0 Å². The molecule has 5 nitrogen and oxygen atoms in total. The van der Waals surface area contributed by atoms with Crippen LogP contribution in [0.3, 0.4) is 0 Å². The van der Waals surface area contributed by atoms with E-state index in [-0.39, 0.29) is 6.10 Å². The Morgan fingerprint density at radius 2 is 1.82 bits per heavy atom. The predicted octanol–water partition coefficient (Wildman–Crippen LogP) is 2.03. The molecule has 2 amide bonds. The van der Waals surface area contributed by atoms with E-state index in [0.717, 1.165) is 12.8 Å². The molecule has 1 fully saturated rings. The number of aliphatic hydroxyl groups excluding tert-OH is 1. The molecule has 3 N–H and O–H groups in total. The monoisotopic (exact) mass is 304 g/mol. The minimum absolute atomic E-state index is 0.316. The molecule has 0 aliphatic heterocycles. The van der Waals surface area contributed by atoms with Crippen LogP contribution >= 0.6 is 0 Å². The van der Waals surface area contributed by atoms with Gasteiger partial charge in [0.25, 0.3) is 0 Å². The zero-order valence-corrected chi connectivity index (χ0v) is 13.1. The Kier molecular flexibility index (Phi) is 5.55. The lowest BCUT2D eigenvalue weighted by Gasteiger charge is -2.10. The molecular formula is C17H24N2O3. The maximum absolute atomic E-state index is 11.8. The lowest BCUT2D eigenvalue weighted by Crippen LogP contribution is -2.37. The molecule has 0 spiro atoms. The van der Waals surface area contributed by atoms with Crippen LogP contribution in [0.25, 0.3) is 0 Å². The zero-order valence-electron chi connectivity index (χ0n) is 13.1. The van der Waals surface area contributed by atoms with E-state index in [9.17, 15) is 14.7 Å². The molecule has 1 aromatic carbocycles. The number of hydrogen-bond donors (Lipinski definition) is 3. The highest BCUT2D eigenvalue weighted by Crippen LogP contribution is 2.33. The van der Waals surface area contributed by atoms with Crippen LogP contribution < -0.4 is 10.6 Å². The van der Waals surface area contributed by atoms with Crippen molar-refractivity contribution in [2.45, 2.75) is 45.1 Å². The first-order chi connectivity index (χ1) is 10.5. The molecule has 1 aromatic rings. The van der Waals surface area contributed by atoms with E-state index in [2.05, 4.69) is 24.5 Å². The quantitative estimate of drug-likeness (QED) is 0.704. The van der Waals surface area contributed by atoms with Gasteiger partial charge in [0.2, 0.25) is 0 Å². The standard InChI is InChI=1S/C17H24N2O3/c1-11(2)12-5-7-14(8-6-12)19-17(22)16(21)18-10-9-15(20)13-3-4-13/h5-8,11,13,15,20H,3-4,9-10H2,1-2H3,(H,18,21)(H,19,22)/t15-/m0/s1. The fourth-order valence-electron chi connectivity index (χ4n) is 2.27. The van der Waals surface area contributed by atoms with Gasteiger partial charge in [-0.3, -0.25) is 9.59 Å². The van der Waals surface area contributed by atoms with E-state index < -0.39 is 11.8 Å². The van der Waals surface area contributed by atoms with E-state index in [1.807, 2.05) is 12.1 Å². The SMILES string of the molecule is CC(C)c1ccc(NC(=O)C(=O)NCC[C@H](O)C2CC2)cc1. The molecule has 0 heterocycles. The molecule has 0 saturated heterocycles. The number of anilines is 1. The van der Waals surface area contributed by atoms with E-state index in [1.165, 1.54) is 5.56 Å². The van der Waals surface area contributed by atoms with Gasteiger partial charge < -0.3 is 15.7 Å². The number of carbonyl (C=O) groups excluding carboxylic acids is 2. The third kappa shape index (κ3) is 4.84. The van der Waals surface area contributed by atoms with Crippen molar-refractivity contribution in [3.63, 3.8) is 0 Å². The summed E-state index contributed by atoms with van der Waals surface area (Å²) in [7, 11) is 0. The second kappa shape index (κ2) is 7.40. The molecule has 1 atom stereocenters. The minimum atomic E-state index is -0.682. The number of nitrogens with one attached hydrogen (secondary N) is 2. The van der Waals surface area contributed by atoms with Gasteiger partial charge in [0.05, 0.1) is 6.10 Å². The highest BCUT2D eigenvalue weighted by Gasteiger charge is 2.29. The molecule has 5 heteroatoms. The molecule has 0 unspecified atom stereocenters. The van der Waals surface area contributed by atoms with Gasteiger partial charge in [0, 0.05) is 12.2 Å². The Labute approximate surface area is 131 Å². The summed E-state index contributed by atoms with van der Waals surface area (Å²) in [5.41, 5.74) is 1.78. The number of aliphatic hydroxyl groups is 1. The van der Waals surface area contributed by atoms with E-state index >= 15 is 0 Å². The van der Waals surface area contributed by atoms with Crippen molar-refractivity contribution in [2.24, 2.45) is 5.92 Å². The third-order valence-corrected chi connectivity index (χ3v) is 3.93. The largest absolute Gasteiger partial charge is 0.393 e. The van der Waals surface area contributed by atoms with Gasteiger partial charge in [-0.2, -0.15) is 0 Å². The first kappa shape index (κ1) is 16.5. The summed E-state index contributed by atoms with van der Waals surface area (Å²) < 4.78 is 0. The summed E-state index contributed by atoms with van der Waals surface area (Å²) in [6.45, 7) is 4.50. The van der Waals surface area contributed by atoms with Crippen LogP contribution in [-0.2, 0) is 9.59 Å². The number of amides is 2. The number of carbonyl (C=O) groups is 2.